The fraction of sp³-hybridized carbons (Fsp3) is 0.579. The summed E-state index contributed by atoms with van der Waals surface area (Å²) in [6.07, 6.45) is 2.24. The Kier molecular flexibility index (Phi) is 5.16. The predicted octanol–water partition coefficient (Wildman–Crippen LogP) is 2.24. The largest absolute Gasteiger partial charge is 0.493 e. The van der Waals surface area contributed by atoms with Crippen LogP contribution in [0.3, 0.4) is 0 Å². The Balaban J connectivity index is 1.79. The van der Waals surface area contributed by atoms with E-state index in [0.717, 1.165) is 24.9 Å². The molecule has 136 valence electrons. The maximum atomic E-state index is 13.0. The number of methoxy groups -OCH3 is 2. The highest BCUT2D eigenvalue weighted by Crippen LogP contribution is 2.38. The third kappa shape index (κ3) is 3.30. The van der Waals surface area contributed by atoms with E-state index < -0.39 is 0 Å². The zero-order valence-electron chi connectivity index (χ0n) is 15.2. The number of likely N-dealkylation sites (tertiary alicyclic amines) is 2. The lowest BCUT2D eigenvalue weighted by Gasteiger charge is -2.28. The van der Waals surface area contributed by atoms with Gasteiger partial charge in [0.25, 0.3) is 0 Å². The van der Waals surface area contributed by atoms with Gasteiger partial charge in [0.2, 0.25) is 11.8 Å². The summed E-state index contributed by atoms with van der Waals surface area (Å²) in [5.74, 6) is 1.33. The molecule has 6 nitrogen and oxygen atoms in total. The second-order valence-corrected chi connectivity index (χ2v) is 6.64. The van der Waals surface area contributed by atoms with Gasteiger partial charge in [0.05, 0.1) is 26.2 Å². The van der Waals surface area contributed by atoms with Gasteiger partial charge in [-0.3, -0.25) is 9.59 Å². The number of benzene rings is 1. The van der Waals surface area contributed by atoms with E-state index in [1.807, 2.05) is 30.0 Å². The predicted molar refractivity (Wildman–Crippen MR) is 93.6 cm³/mol. The number of amides is 2. The Labute approximate surface area is 148 Å². The monoisotopic (exact) mass is 346 g/mol. The first-order valence-corrected chi connectivity index (χ1v) is 8.89. The summed E-state index contributed by atoms with van der Waals surface area (Å²) in [7, 11) is 3.22. The molecule has 6 heteroatoms. The highest BCUT2D eigenvalue weighted by Gasteiger charge is 2.39. The topological polar surface area (TPSA) is 59.1 Å². The van der Waals surface area contributed by atoms with E-state index in [2.05, 4.69) is 0 Å². The summed E-state index contributed by atoms with van der Waals surface area (Å²) in [5, 5.41) is 0. The van der Waals surface area contributed by atoms with E-state index in [4.69, 9.17) is 9.47 Å². The average Bonchev–Trinajstić information content (AvgIpc) is 3.27. The molecular formula is C19H26N2O4. The molecule has 0 saturated carbocycles. The second kappa shape index (κ2) is 7.33. The maximum absolute atomic E-state index is 13.0. The normalized spacial score (nSPS) is 23.2. The molecule has 3 rings (SSSR count). The number of hydrogen-bond donors (Lipinski definition) is 0. The van der Waals surface area contributed by atoms with Crippen LogP contribution in [0.25, 0.3) is 0 Å². The van der Waals surface area contributed by atoms with Crippen molar-refractivity contribution >= 4 is 11.8 Å². The zero-order chi connectivity index (χ0) is 18.0. The molecular weight excluding hydrogens is 320 g/mol. The van der Waals surface area contributed by atoms with Crippen LogP contribution < -0.4 is 9.47 Å². The van der Waals surface area contributed by atoms with E-state index in [0.29, 0.717) is 31.0 Å². The lowest BCUT2D eigenvalue weighted by atomic mass is 10.0. The van der Waals surface area contributed by atoms with Gasteiger partial charge < -0.3 is 19.3 Å². The number of ether oxygens (including phenoxy) is 2. The number of rotatable bonds is 5. The van der Waals surface area contributed by atoms with Crippen LogP contribution in [-0.2, 0) is 9.59 Å². The fourth-order valence-electron chi connectivity index (χ4n) is 3.91. The van der Waals surface area contributed by atoms with Crippen LogP contribution in [0.15, 0.2) is 18.2 Å². The Hall–Kier alpha value is -2.24. The first-order valence-electron chi connectivity index (χ1n) is 8.89. The zero-order valence-corrected chi connectivity index (χ0v) is 15.2. The number of hydrogen-bond acceptors (Lipinski definition) is 4. The molecule has 0 unspecified atom stereocenters. The molecule has 1 aromatic rings. The quantitative estimate of drug-likeness (QED) is 0.820. The Morgan fingerprint density at radius 3 is 2.64 bits per heavy atom. The SMILES string of the molecule is CCN1C[C@H](C(=O)N2CCC[C@H]2c2ccc(OC)c(OC)c2)CC1=O. The van der Waals surface area contributed by atoms with E-state index >= 15 is 0 Å². The van der Waals surface area contributed by atoms with Gasteiger partial charge in [-0.25, -0.2) is 0 Å². The van der Waals surface area contributed by atoms with Crippen molar-refractivity contribution < 1.29 is 19.1 Å². The van der Waals surface area contributed by atoms with Crippen molar-refractivity contribution in [2.24, 2.45) is 5.92 Å². The molecule has 0 radical (unpaired) electrons. The first-order chi connectivity index (χ1) is 12.1. The maximum Gasteiger partial charge on any atom is 0.228 e. The minimum absolute atomic E-state index is 0.0399. The molecule has 0 aliphatic carbocycles. The highest BCUT2D eigenvalue weighted by atomic mass is 16.5. The van der Waals surface area contributed by atoms with Gasteiger partial charge in [-0.2, -0.15) is 0 Å². The molecule has 2 atom stereocenters. The lowest BCUT2D eigenvalue weighted by Crippen LogP contribution is -2.37. The second-order valence-electron chi connectivity index (χ2n) is 6.64. The molecule has 1 aromatic carbocycles. The van der Waals surface area contributed by atoms with Crippen molar-refractivity contribution in [2.75, 3.05) is 33.9 Å². The van der Waals surface area contributed by atoms with Gasteiger partial charge in [-0.05, 0) is 37.5 Å². The molecule has 2 saturated heterocycles. The molecule has 25 heavy (non-hydrogen) atoms. The smallest absolute Gasteiger partial charge is 0.228 e. The molecule has 0 aromatic heterocycles. The summed E-state index contributed by atoms with van der Waals surface area (Å²) in [5.41, 5.74) is 1.06. The summed E-state index contributed by atoms with van der Waals surface area (Å²) in [6, 6.07) is 5.87. The van der Waals surface area contributed by atoms with Crippen molar-refractivity contribution in [3.63, 3.8) is 0 Å². The highest BCUT2D eigenvalue weighted by molar-refractivity contribution is 5.89. The van der Waals surface area contributed by atoms with Crippen molar-refractivity contribution in [3.05, 3.63) is 23.8 Å². The number of carbonyl (C=O) groups excluding carboxylic acids is 2. The van der Waals surface area contributed by atoms with Gasteiger partial charge in [0.1, 0.15) is 0 Å². The molecule has 2 fully saturated rings. The van der Waals surface area contributed by atoms with Crippen molar-refractivity contribution in [1.29, 1.82) is 0 Å². The first kappa shape index (κ1) is 17.6. The molecule has 2 heterocycles. The van der Waals surface area contributed by atoms with E-state index in [9.17, 15) is 9.59 Å². The van der Waals surface area contributed by atoms with Crippen molar-refractivity contribution in [3.8, 4) is 11.5 Å². The molecule has 2 aliphatic heterocycles. The van der Waals surface area contributed by atoms with Crippen LogP contribution in [0.4, 0.5) is 0 Å². The van der Waals surface area contributed by atoms with Gasteiger partial charge in [-0.15, -0.1) is 0 Å². The van der Waals surface area contributed by atoms with Crippen LogP contribution in [0.2, 0.25) is 0 Å². The third-order valence-electron chi connectivity index (χ3n) is 5.27. The van der Waals surface area contributed by atoms with Gasteiger partial charge >= 0.3 is 0 Å². The van der Waals surface area contributed by atoms with E-state index in [-0.39, 0.29) is 23.8 Å². The Bertz CT molecular complexity index is 661. The van der Waals surface area contributed by atoms with Gasteiger partial charge in [0.15, 0.2) is 11.5 Å². The average molecular weight is 346 g/mol. The number of nitrogens with zero attached hydrogens (tertiary/aromatic N) is 2. The minimum Gasteiger partial charge on any atom is -0.493 e. The molecule has 2 aliphatic rings. The van der Waals surface area contributed by atoms with Gasteiger partial charge in [0, 0.05) is 26.1 Å². The lowest BCUT2D eigenvalue weighted by molar-refractivity contribution is -0.136. The van der Waals surface area contributed by atoms with Crippen molar-refractivity contribution in [1.82, 2.24) is 9.80 Å². The Morgan fingerprint density at radius 2 is 2.00 bits per heavy atom. The van der Waals surface area contributed by atoms with E-state index in [1.165, 1.54) is 0 Å². The van der Waals surface area contributed by atoms with E-state index in [1.54, 1.807) is 19.1 Å². The summed E-state index contributed by atoms with van der Waals surface area (Å²) >= 11 is 0. The summed E-state index contributed by atoms with van der Waals surface area (Å²) in [6.45, 7) is 3.91. The van der Waals surface area contributed by atoms with Crippen LogP contribution in [0.1, 0.15) is 37.8 Å². The van der Waals surface area contributed by atoms with Crippen LogP contribution in [0.5, 0.6) is 11.5 Å². The minimum atomic E-state index is -0.215. The summed E-state index contributed by atoms with van der Waals surface area (Å²) < 4.78 is 10.7. The third-order valence-corrected chi connectivity index (χ3v) is 5.27. The van der Waals surface area contributed by atoms with Crippen LogP contribution >= 0.6 is 0 Å². The van der Waals surface area contributed by atoms with Crippen LogP contribution in [0, 0.1) is 5.92 Å². The van der Waals surface area contributed by atoms with Crippen LogP contribution in [-0.4, -0.2) is 55.5 Å². The Morgan fingerprint density at radius 1 is 1.24 bits per heavy atom. The molecule has 0 spiro atoms. The summed E-state index contributed by atoms with van der Waals surface area (Å²) in [4.78, 5) is 28.7. The fourth-order valence-corrected chi connectivity index (χ4v) is 3.91. The molecule has 0 bridgehead atoms. The molecule has 2 amide bonds. The number of carbonyl (C=O) groups is 2. The molecule has 0 N–H and O–H groups in total. The van der Waals surface area contributed by atoms with Gasteiger partial charge in [-0.1, -0.05) is 6.07 Å². The van der Waals surface area contributed by atoms with Crippen molar-refractivity contribution in [2.45, 2.75) is 32.2 Å². The standard InChI is InChI=1S/C19H26N2O4/c1-4-20-12-14(11-18(20)22)19(23)21-9-5-6-15(21)13-7-8-16(24-2)17(10-13)25-3/h7-8,10,14-15H,4-6,9,11-12H2,1-3H3/t14-,15+/m1/s1.